The number of aryl methyl sites for hydroxylation is 1. The number of aromatic nitrogens is 2. The molecule has 0 radical (unpaired) electrons. The molecule has 0 spiro atoms. The Morgan fingerprint density at radius 1 is 1.17 bits per heavy atom. The molecule has 3 rings (SSSR count). The highest BCUT2D eigenvalue weighted by molar-refractivity contribution is 7.89. The number of hydrogen-bond acceptors (Lipinski definition) is 10. The number of fused-ring (bicyclic) bond motifs is 1. The highest BCUT2D eigenvalue weighted by Crippen LogP contribution is 2.32. The van der Waals surface area contributed by atoms with Gasteiger partial charge in [-0.25, -0.2) is 18.4 Å². The number of allylic oxidation sites excluding steroid dienone is 3. The van der Waals surface area contributed by atoms with Gasteiger partial charge in [0, 0.05) is 38.6 Å². The standard InChI is InChI=1S/C16H29NO.C15H12N4O2S.C2H6O2S.C2H6/c1-12(2)14(11-18-8)10-15(16(4,5)6)9-13(3)17-7;1-8-11(6-17-15(16)18-8)14(21)19-12-4-2-3-9-5-10(7-20)22-13(9)12;1-5(2,3)4;1-2/h9-10,12,17H,3,11H2,1-2,4-8H3;2-7H,1H3,(H,19,21)(H2,16,17,18);1-2H3;1-2H3/b14-10+,15-9+;;;. The lowest BCUT2D eigenvalue weighted by Crippen LogP contribution is -2.15. The van der Waals surface area contributed by atoms with Crippen LogP contribution < -0.4 is 16.4 Å². The number of aldehydes is 1. The largest absolute Gasteiger partial charge is 0.389 e. The van der Waals surface area contributed by atoms with Crippen molar-refractivity contribution in [3.05, 3.63) is 82.2 Å². The second-order valence-electron chi connectivity index (χ2n) is 11.7. The molecule has 0 aliphatic carbocycles. The first-order chi connectivity index (χ1) is 21.8. The summed E-state index contributed by atoms with van der Waals surface area (Å²) in [6, 6.07) is 7.30. The van der Waals surface area contributed by atoms with E-state index in [0.717, 1.165) is 34.6 Å². The number of nitrogen functional groups attached to an aromatic ring is 1. The average molecular weight is 688 g/mol. The summed E-state index contributed by atoms with van der Waals surface area (Å²) in [6.07, 6.45) is 8.88. The lowest BCUT2D eigenvalue weighted by atomic mass is 9.83. The minimum atomic E-state index is -2.67. The van der Waals surface area contributed by atoms with Crippen molar-refractivity contribution in [3.63, 3.8) is 0 Å². The van der Waals surface area contributed by atoms with Crippen molar-refractivity contribution in [2.24, 2.45) is 11.3 Å². The maximum absolute atomic E-state index is 12.4. The quantitative estimate of drug-likeness (QED) is 0.156. The summed E-state index contributed by atoms with van der Waals surface area (Å²) >= 11 is 1.33. The Labute approximate surface area is 285 Å². The molecule has 0 saturated carbocycles. The Bertz CT molecular complexity index is 1640. The minimum absolute atomic E-state index is 0.0909. The van der Waals surface area contributed by atoms with Crippen LogP contribution in [0.5, 0.6) is 0 Å². The van der Waals surface area contributed by atoms with Gasteiger partial charge in [-0.15, -0.1) is 11.3 Å². The molecule has 0 fully saturated rings. The van der Waals surface area contributed by atoms with Gasteiger partial charge in [0.25, 0.3) is 5.91 Å². The SMILES string of the molecule is C=C(/C=C(\C=C(/COC)C(C)C)C(C)(C)C)NC.CC.CS(C)(=O)=O.Cc1nc(N)ncc1C(=O)Nc1cccc2cc(C=O)sc12. The summed E-state index contributed by atoms with van der Waals surface area (Å²) in [5.41, 5.74) is 10.6. The number of likely N-dealkylation sites (N-methyl/N-ethyl adjacent to an activating group) is 1. The maximum atomic E-state index is 12.4. The number of thiophene rings is 1. The van der Waals surface area contributed by atoms with Gasteiger partial charge in [-0.2, -0.15) is 0 Å². The van der Waals surface area contributed by atoms with Gasteiger partial charge < -0.3 is 21.1 Å². The lowest BCUT2D eigenvalue weighted by molar-refractivity contribution is 0.102. The number of amides is 1. The zero-order valence-electron chi connectivity index (χ0n) is 29.9. The molecule has 260 valence electrons. The van der Waals surface area contributed by atoms with Crippen LogP contribution in [0.2, 0.25) is 0 Å². The first-order valence-corrected chi connectivity index (χ1v) is 18.2. The van der Waals surface area contributed by atoms with Crippen LogP contribution in [0.15, 0.2) is 66.0 Å². The lowest BCUT2D eigenvalue weighted by Gasteiger charge is -2.23. The third kappa shape index (κ3) is 16.5. The number of ether oxygens (including phenoxy) is 1. The van der Waals surface area contributed by atoms with Gasteiger partial charge in [0.15, 0.2) is 6.29 Å². The van der Waals surface area contributed by atoms with Crippen molar-refractivity contribution >= 4 is 55.1 Å². The first-order valence-electron chi connectivity index (χ1n) is 15.1. The van der Waals surface area contributed by atoms with Gasteiger partial charge >= 0.3 is 0 Å². The number of methoxy groups -OCH3 is 1. The van der Waals surface area contributed by atoms with E-state index in [2.05, 4.69) is 74.0 Å². The molecular formula is C35H53N5O5S2. The fourth-order valence-corrected chi connectivity index (χ4v) is 4.56. The second-order valence-corrected chi connectivity index (χ2v) is 15.1. The number of carbonyl (C=O) groups excluding carboxylic acids is 2. The van der Waals surface area contributed by atoms with Crippen molar-refractivity contribution in [1.29, 1.82) is 0 Å². The van der Waals surface area contributed by atoms with Gasteiger partial charge in [-0.05, 0) is 53.0 Å². The molecule has 47 heavy (non-hydrogen) atoms. The van der Waals surface area contributed by atoms with Crippen molar-refractivity contribution < 1.29 is 22.7 Å². The van der Waals surface area contributed by atoms with Crippen LogP contribution >= 0.6 is 11.3 Å². The van der Waals surface area contributed by atoms with Crippen LogP contribution in [-0.2, 0) is 14.6 Å². The fourth-order valence-electron chi connectivity index (χ4n) is 3.61. The molecule has 1 amide bonds. The van der Waals surface area contributed by atoms with E-state index in [4.69, 9.17) is 10.5 Å². The zero-order chi connectivity index (χ0) is 36.5. The molecule has 0 aliphatic heterocycles. The number of nitrogens with one attached hydrogen (secondary N) is 2. The van der Waals surface area contributed by atoms with E-state index in [1.54, 1.807) is 26.2 Å². The number of benzene rings is 1. The number of nitrogens with zero attached hydrogens (tertiary/aromatic N) is 2. The Morgan fingerprint density at radius 2 is 1.77 bits per heavy atom. The molecule has 3 aromatic rings. The molecular weight excluding hydrogens is 635 g/mol. The highest BCUT2D eigenvalue weighted by Gasteiger charge is 2.17. The normalized spacial score (nSPS) is 11.7. The van der Waals surface area contributed by atoms with E-state index in [9.17, 15) is 18.0 Å². The van der Waals surface area contributed by atoms with Gasteiger partial charge in [0.1, 0.15) is 9.84 Å². The van der Waals surface area contributed by atoms with E-state index in [1.165, 1.54) is 28.7 Å². The van der Waals surface area contributed by atoms with Crippen molar-refractivity contribution in [3.8, 4) is 0 Å². The van der Waals surface area contributed by atoms with Crippen LogP contribution in [0.1, 0.15) is 74.2 Å². The predicted octanol–water partition coefficient (Wildman–Crippen LogP) is 7.25. The molecule has 12 heteroatoms. The first kappa shape index (κ1) is 43.1. The van der Waals surface area contributed by atoms with E-state index < -0.39 is 9.84 Å². The van der Waals surface area contributed by atoms with Crippen molar-refractivity contribution in [1.82, 2.24) is 15.3 Å². The number of hydrogen-bond donors (Lipinski definition) is 3. The zero-order valence-corrected chi connectivity index (χ0v) is 31.6. The van der Waals surface area contributed by atoms with E-state index in [0.29, 0.717) is 34.3 Å². The van der Waals surface area contributed by atoms with Crippen LogP contribution in [0.4, 0.5) is 11.6 Å². The summed E-state index contributed by atoms with van der Waals surface area (Å²) in [7, 11) is 0.963. The Morgan fingerprint density at radius 3 is 2.23 bits per heavy atom. The monoisotopic (exact) mass is 687 g/mol. The average Bonchev–Trinajstić information content (AvgIpc) is 3.41. The van der Waals surface area contributed by atoms with Crippen LogP contribution in [-0.4, -0.2) is 63.9 Å². The van der Waals surface area contributed by atoms with Gasteiger partial charge in [0.2, 0.25) is 5.95 Å². The fraction of sp³-hybridized carbons (Fsp3) is 0.429. The summed E-state index contributed by atoms with van der Waals surface area (Å²) in [5, 5.41) is 6.82. The summed E-state index contributed by atoms with van der Waals surface area (Å²) in [5.74, 6) is 0.301. The topological polar surface area (TPSA) is 153 Å². The smallest absolute Gasteiger partial charge is 0.259 e. The molecule has 0 unspecified atom stereocenters. The third-order valence-corrected chi connectivity index (χ3v) is 7.19. The molecule has 0 aliphatic rings. The molecule has 4 N–H and O–H groups in total. The van der Waals surface area contributed by atoms with Gasteiger partial charge in [-0.1, -0.05) is 73.3 Å². The van der Waals surface area contributed by atoms with Crippen LogP contribution in [0.25, 0.3) is 10.1 Å². The molecule has 0 bridgehead atoms. The molecule has 1 aromatic carbocycles. The number of anilines is 2. The number of sulfone groups is 1. The molecule has 0 atom stereocenters. The number of nitrogens with two attached hydrogens (primary N) is 1. The number of rotatable bonds is 9. The van der Waals surface area contributed by atoms with E-state index in [1.807, 2.05) is 33.0 Å². The van der Waals surface area contributed by atoms with Crippen molar-refractivity contribution in [2.45, 2.75) is 55.4 Å². The van der Waals surface area contributed by atoms with Gasteiger partial charge in [-0.3, -0.25) is 9.59 Å². The van der Waals surface area contributed by atoms with Gasteiger partial charge in [0.05, 0.1) is 33.1 Å². The highest BCUT2D eigenvalue weighted by atomic mass is 32.2. The van der Waals surface area contributed by atoms with E-state index in [-0.39, 0.29) is 17.3 Å². The molecule has 0 saturated heterocycles. The Kier molecular flexibility index (Phi) is 18.7. The summed E-state index contributed by atoms with van der Waals surface area (Å²) in [6.45, 7) is 21.4. The summed E-state index contributed by atoms with van der Waals surface area (Å²) in [4.78, 5) is 31.7. The number of carbonyl (C=O) groups is 2. The second kappa shape index (κ2) is 20.4. The molecule has 2 aromatic heterocycles. The minimum Gasteiger partial charge on any atom is -0.389 e. The Balaban J connectivity index is 0.000000765. The maximum Gasteiger partial charge on any atom is 0.259 e. The molecule has 10 nitrogen and oxygen atoms in total. The van der Waals surface area contributed by atoms with Crippen LogP contribution in [0.3, 0.4) is 0 Å². The van der Waals surface area contributed by atoms with Crippen LogP contribution in [0, 0.1) is 18.3 Å². The van der Waals surface area contributed by atoms with Crippen molar-refractivity contribution in [2.75, 3.05) is 44.3 Å². The Hall–Kier alpha value is -3.87. The summed E-state index contributed by atoms with van der Waals surface area (Å²) < 4.78 is 25.4. The van der Waals surface area contributed by atoms with E-state index >= 15 is 0 Å². The third-order valence-electron chi connectivity index (χ3n) is 6.08. The predicted molar refractivity (Wildman–Crippen MR) is 199 cm³/mol. The molecule has 2 heterocycles.